The molecule has 102 valence electrons. The third-order valence-corrected chi connectivity index (χ3v) is 4.64. The molecule has 0 amide bonds. The normalized spacial score (nSPS) is 11.2. The van der Waals surface area contributed by atoms with Crippen molar-refractivity contribution in [1.29, 1.82) is 0 Å². The third-order valence-electron chi connectivity index (χ3n) is 3.10. The van der Waals surface area contributed by atoms with Crippen LogP contribution in [0, 0.1) is 19.7 Å². The van der Waals surface area contributed by atoms with Gasteiger partial charge in [0.05, 0.1) is 10.4 Å². The summed E-state index contributed by atoms with van der Waals surface area (Å²) in [6, 6.07) is 4.63. The van der Waals surface area contributed by atoms with Gasteiger partial charge in [-0.1, -0.05) is 17.7 Å². The quantitative estimate of drug-likeness (QED) is 0.737. The predicted octanol–water partition coefficient (Wildman–Crippen LogP) is 4.06. The number of hydrogen-bond donors (Lipinski definition) is 1. The minimum atomic E-state index is -0.473. The van der Waals surface area contributed by atoms with Crippen LogP contribution >= 0.6 is 22.9 Å². The molecule has 3 nitrogen and oxygen atoms in total. The van der Waals surface area contributed by atoms with Crippen LogP contribution in [-0.4, -0.2) is 9.97 Å². The number of thiophene rings is 1. The second-order valence-electron chi connectivity index (χ2n) is 4.52. The summed E-state index contributed by atoms with van der Waals surface area (Å²) in [5.41, 5.74) is 1.34. The average molecular weight is 309 g/mol. The third kappa shape index (κ3) is 2.03. The Hall–Kier alpha value is -1.72. The number of nitrogens with one attached hydrogen (secondary N) is 1. The number of benzene rings is 1. The number of aromatic nitrogens is 2. The van der Waals surface area contributed by atoms with E-state index in [0.29, 0.717) is 21.6 Å². The monoisotopic (exact) mass is 308 g/mol. The molecule has 2 aromatic heterocycles. The van der Waals surface area contributed by atoms with Crippen molar-refractivity contribution in [3.05, 3.63) is 50.8 Å². The van der Waals surface area contributed by atoms with E-state index < -0.39 is 5.82 Å². The van der Waals surface area contributed by atoms with Crippen LogP contribution in [0.25, 0.3) is 20.7 Å². The molecule has 20 heavy (non-hydrogen) atoms. The van der Waals surface area contributed by atoms with Gasteiger partial charge in [-0.3, -0.25) is 4.79 Å². The first-order valence-corrected chi connectivity index (χ1v) is 7.12. The van der Waals surface area contributed by atoms with Gasteiger partial charge in [-0.2, -0.15) is 0 Å². The molecular formula is C14H10ClFN2OS. The molecule has 3 rings (SSSR count). The fourth-order valence-corrected chi connectivity index (χ4v) is 3.51. The van der Waals surface area contributed by atoms with Crippen molar-refractivity contribution in [2.24, 2.45) is 0 Å². The number of rotatable bonds is 1. The Bertz CT molecular complexity index is 885. The van der Waals surface area contributed by atoms with E-state index in [-0.39, 0.29) is 10.6 Å². The molecular weight excluding hydrogens is 299 g/mol. The summed E-state index contributed by atoms with van der Waals surface area (Å²) < 4.78 is 13.6. The van der Waals surface area contributed by atoms with Gasteiger partial charge in [0.1, 0.15) is 16.5 Å². The Balaban J connectivity index is 2.32. The van der Waals surface area contributed by atoms with Gasteiger partial charge in [0.25, 0.3) is 5.56 Å². The first kappa shape index (κ1) is 13.3. The van der Waals surface area contributed by atoms with Crippen LogP contribution in [0.2, 0.25) is 5.02 Å². The summed E-state index contributed by atoms with van der Waals surface area (Å²) >= 11 is 7.07. The van der Waals surface area contributed by atoms with Gasteiger partial charge < -0.3 is 4.98 Å². The highest BCUT2D eigenvalue weighted by atomic mass is 35.5. The lowest BCUT2D eigenvalue weighted by Gasteiger charge is -2.01. The second-order valence-corrected chi connectivity index (χ2v) is 5.92. The van der Waals surface area contributed by atoms with Crippen LogP contribution in [0.15, 0.2) is 23.0 Å². The Morgan fingerprint density at radius 3 is 2.80 bits per heavy atom. The molecule has 0 aliphatic heterocycles. The predicted molar refractivity (Wildman–Crippen MR) is 80.1 cm³/mol. The SMILES string of the molecule is Cc1nc2sc(-c3ccc(Cl)c(F)c3)c(C)c2c(=O)[nH]1. The molecule has 0 aliphatic carbocycles. The van der Waals surface area contributed by atoms with Gasteiger partial charge in [0, 0.05) is 4.88 Å². The lowest BCUT2D eigenvalue weighted by Crippen LogP contribution is -2.08. The van der Waals surface area contributed by atoms with E-state index in [1.54, 1.807) is 13.0 Å². The second kappa shape index (κ2) is 4.68. The first-order valence-electron chi connectivity index (χ1n) is 5.93. The topological polar surface area (TPSA) is 45.8 Å². The summed E-state index contributed by atoms with van der Waals surface area (Å²) in [6.07, 6.45) is 0. The lowest BCUT2D eigenvalue weighted by atomic mass is 10.1. The number of fused-ring (bicyclic) bond motifs is 1. The zero-order valence-electron chi connectivity index (χ0n) is 10.8. The highest BCUT2D eigenvalue weighted by molar-refractivity contribution is 7.22. The van der Waals surface area contributed by atoms with Gasteiger partial charge in [-0.25, -0.2) is 9.37 Å². The van der Waals surface area contributed by atoms with E-state index in [9.17, 15) is 9.18 Å². The van der Waals surface area contributed by atoms with E-state index in [1.165, 1.54) is 23.5 Å². The minimum absolute atomic E-state index is 0.0827. The van der Waals surface area contributed by atoms with E-state index >= 15 is 0 Å². The molecule has 0 fully saturated rings. The summed E-state index contributed by atoms with van der Waals surface area (Å²) in [4.78, 5) is 20.5. The van der Waals surface area contributed by atoms with Crippen LogP contribution < -0.4 is 5.56 Å². The maximum atomic E-state index is 13.6. The number of H-pyrrole nitrogens is 1. The lowest BCUT2D eigenvalue weighted by molar-refractivity contribution is 0.629. The van der Waals surface area contributed by atoms with Crippen molar-refractivity contribution in [2.75, 3.05) is 0 Å². The molecule has 6 heteroatoms. The summed E-state index contributed by atoms with van der Waals surface area (Å²) in [5, 5.41) is 0.644. The highest BCUT2D eigenvalue weighted by Crippen LogP contribution is 2.36. The number of aryl methyl sites for hydroxylation is 2. The molecule has 0 saturated heterocycles. The van der Waals surface area contributed by atoms with E-state index in [0.717, 1.165) is 10.4 Å². The fourth-order valence-electron chi connectivity index (χ4n) is 2.16. The van der Waals surface area contributed by atoms with Crippen molar-refractivity contribution in [3.8, 4) is 10.4 Å². The smallest absolute Gasteiger partial charge is 0.259 e. The van der Waals surface area contributed by atoms with Crippen molar-refractivity contribution in [2.45, 2.75) is 13.8 Å². The Labute approximate surface area is 123 Å². The van der Waals surface area contributed by atoms with Crippen LogP contribution in [0.3, 0.4) is 0 Å². The van der Waals surface area contributed by atoms with Crippen molar-refractivity contribution in [3.63, 3.8) is 0 Å². The summed E-state index contributed by atoms with van der Waals surface area (Å²) in [6.45, 7) is 3.57. The maximum absolute atomic E-state index is 13.6. The molecule has 3 aromatic rings. The molecule has 0 aliphatic rings. The Kier molecular flexibility index (Phi) is 3.11. The highest BCUT2D eigenvalue weighted by Gasteiger charge is 2.15. The van der Waals surface area contributed by atoms with E-state index in [2.05, 4.69) is 9.97 Å². The zero-order valence-corrected chi connectivity index (χ0v) is 12.3. The molecule has 0 radical (unpaired) electrons. The molecule has 0 saturated carbocycles. The number of nitrogens with zero attached hydrogens (tertiary/aromatic N) is 1. The van der Waals surface area contributed by atoms with E-state index in [1.807, 2.05) is 6.92 Å². The molecule has 2 heterocycles. The molecule has 0 spiro atoms. The van der Waals surface area contributed by atoms with Gasteiger partial charge >= 0.3 is 0 Å². The van der Waals surface area contributed by atoms with Crippen LogP contribution in [0.1, 0.15) is 11.4 Å². The van der Waals surface area contributed by atoms with Crippen molar-refractivity contribution in [1.82, 2.24) is 9.97 Å². The van der Waals surface area contributed by atoms with Gasteiger partial charge in [-0.05, 0) is 37.1 Å². The maximum Gasteiger partial charge on any atom is 0.259 e. The summed E-state index contributed by atoms with van der Waals surface area (Å²) in [7, 11) is 0. The first-order chi connectivity index (χ1) is 9.47. The number of hydrogen-bond acceptors (Lipinski definition) is 3. The van der Waals surface area contributed by atoms with Crippen molar-refractivity contribution >= 4 is 33.2 Å². The zero-order chi connectivity index (χ0) is 14.4. The Morgan fingerprint density at radius 1 is 1.35 bits per heavy atom. The van der Waals surface area contributed by atoms with Crippen LogP contribution in [-0.2, 0) is 0 Å². The van der Waals surface area contributed by atoms with Crippen LogP contribution in [0.4, 0.5) is 4.39 Å². The standard InChI is InChI=1S/C14H10ClFN2OS/c1-6-11-13(19)17-7(2)18-14(11)20-12(6)8-3-4-9(15)10(16)5-8/h3-5H,1-2H3,(H,17,18,19). The number of halogens is 2. The largest absolute Gasteiger partial charge is 0.310 e. The molecule has 1 N–H and O–H groups in total. The molecule has 0 atom stereocenters. The van der Waals surface area contributed by atoms with Gasteiger partial charge in [0.15, 0.2) is 0 Å². The van der Waals surface area contributed by atoms with Crippen molar-refractivity contribution < 1.29 is 4.39 Å². The minimum Gasteiger partial charge on any atom is -0.310 e. The Morgan fingerprint density at radius 2 is 2.10 bits per heavy atom. The number of aromatic amines is 1. The average Bonchev–Trinajstić information content (AvgIpc) is 2.70. The molecule has 0 bridgehead atoms. The van der Waals surface area contributed by atoms with E-state index in [4.69, 9.17) is 11.6 Å². The summed E-state index contributed by atoms with van der Waals surface area (Å²) in [5.74, 6) is 0.0941. The van der Waals surface area contributed by atoms with Crippen LogP contribution in [0.5, 0.6) is 0 Å². The molecule has 1 aromatic carbocycles. The van der Waals surface area contributed by atoms with Gasteiger partial charge in [-0.15, -0.1) is 11.3 Å². The fraction of sp³-hybridized carbons (Fsp3) is 0.143. The molecule has 0 unspecified atom stereocenters. The van der Waals surface area contributed by atoms with Gasteiger partial charge in [0.2, 0.25) is 0 Å².